The van der Waals surface area contributed by atoms with Crippen LogP contribution in [0.4, 0.5) is 0 Å². The topological polar surface area (TPSA) is 80.0 Å². The lowest BCUT2D eigenvalue weighted by molar-refractivity contribution is 0.0916. The van der Waals surface area contributed by atoms with Crippen LogP contribution in [0, 0.1) is 13.8 Å². The fourth-order valence-electron chi connectivity index (χ4n) is 3.06. The van der Waals surface area contributed by atoms with Gasteiger partial charge >= 0.3 is 0 Å². The normalized spacial score (nSPS) is 12.0. The average molecular weight is 350 g/mol. The number of carbonyl (C=O) groups is 1. The monoisotopic (exact) mass is 350 g/mol. The molecular formula is C20H22N4O2. The summed E-state index contributed by atoms with van der Waals surface area (Å²) in [4.78, 5) is 21.1. The Balaban J connectivity index is 1.79. The molecule has 134 valence electrons. The van der Waals surface area contributed by atoms with Gasteiger partial charge in [-0.2, -0.15) is 0 Å². The lowest BCUT2D eigenvalue weighted by Crippen LogP contribution is -2.39. The molecular weight excluding hydrogens is 328 g/mol. The van der Waals surface area contributed by atoms with Crippen molar-refractivity contribution in [1.82, 2.24) is 19.9 Å². The number of carbonyl (C=O) groups excluding carboxylic acids is 1. The van der Waals surface area contributed by atoms with E-state index in [-0.39, 0.29) is 18.6 Å². The Morgan fingerprint density at radius 2 is 1.96 bits per heavy atom. The zero-order chi connectivity index (χ0) is 18.5. The standard InChI is InChI=1S/C20H22N4O2/c1-14-11-18(15(2)24(14)19-5-3-4-8-22-19)20(26)23-17(13-25)12-16-6-9-21-10-7-16/h3-11,17,25H,12-13H2,1-2H3,(H,23,26)/t17-/m1/s1. The van der Waals surface area contributed by atoms with Crippen LogP contribution >= 0.6 is 0 Å². The van der Waals surface area contributed by atoms with E-state index in [1.165, 1.54) is 0 Å². The molecule has 0 saturated carbocycles. The van der Waals surface area contributed by atoms with Gasteiger partial charge in [-0.25, -0.2) is 4.98 Å². The lowest BCUT2D eigenvalue weighted by atomic mass is 10.1. The Morgan fingerprint density at radius 3 is 2.62 bits per heavy atom. The predicted molar refractivity (Wildman–Crippen MR) is 99.3 cm³/mol. The van der Waals surface area contributed by atoms with Gasteiger partial charge in [-0.1, -0.05) is 6.07 Å². The number of aliphatic hydroxyl groups is 1. The quantitative estimate of drug-likeness (QED) is 0.714. The van der Waals surface area contributed by atoms with Gasteiger partial charge in [0.25, 0.3) is 5.91 Å². The number of pyridine rings is 2. The van der Waals surface area contributed by atoms with Crippen LogP contribution < -0.4 is 5.32 Å². The first kappa shape index (κ1) is 17.8. The summed E-state index contributed by atoms with van der Waals surface area (Å²) in [5, 5.41) is 12.6. The van der Waals surface area contributed by atoms with Gasteiger partial charge in [-0.05, 0) is 56.2 Å². The van der Waals surface area contributed by atoms with Crippen LogP contribution in [0.2, 0.25) is 0 Å². The molecule has 3 aromatic heterocycles. The summed E-state index contributed by atoms with van der Waals surface area (Å²) in [6.07, 6.45) is 5.67. The number of amides is 1. The van der Waals surface area contributed by atoms with E-state index in [0.717, 1.165) is 22.8 Å². The Kier molecular flexibility index (Phi) is 5.43. The van der Waals surface area contributed by atoms with Crippen molar-refractivity contribution in [1.29, 1.82) is 0 Å². The van der Waals surface area contributed by atoms with Gasteiger partial charge < -0.3 is 15.0 Å². The van der Waals surface area contributed by atoms with Gasteiger partial charge in [0.15, 0.2) is 0 Å². The van der Waals surface area contributed by atoms with Crippen LogP contribution in [0.3, 0.4) is 0 Å². The summed E-state index contributed by atoms with van der Waals surface area (Å²) in [7, 11) is 0. The molecule has 0 unspecified atom stereocenters. The first-order valence-electron chi connectivity index (χ1n) is 8.51. The second-order valence-electron chi connectivity index (χ2n) is 6.22. The van der Waals surface area contributed by atoms with E-state index >= 15 is 0 Å². The van der Waals surface area contributed by atoms with Crippen LogP contribution in [-0.2, 0) is 6.42 Å². The number of hydrogen-bond acceptors (Lipinski definition) is 4. The highest BCUT2D eigenvalue weighted by Crippen LogP contribution is 2.19. The molecule has 2 N–H and O–H groups in total. The van der Waals surface area contributed by atoms with Crippen molar-refractivity contribution in [3.8, 4) is 5.82 Å². The molecule has 6 nitrogen and oxygen atoms in total. The summed E-state index contributed by atoms with van der Waals surface area (Å²) in [6.45, 7) is 3.71. The van der Waals surface area contributed by atoms with Crippen molar-refractivity contribution in [3.63, 3.8) is 0 Å². The minimum atomic E-state index is -0.359. The molecule has 3 rings (SSSR count). The average Bonchev–Trinajstić information content (AvgIpc) is 2.97. The maximum atomic E-state index is 12.8. The number of nitrogens with zero attached hydrogens (tertiary/aromatic N) is 3. The third-order valence-electron chi connectivity index (χ3n) is 4.34. The molecule has 0 saturated heterocycles. The largest absolute Gasteiger partial charge is 0.394 e. The van der Waals surface area contributed by atoms with Crippen molar-refractivity contribution in [2.24, 2.45) is 0 Å². The molecule has 3 aromatic rings. The van der Waals surface area contributed by atoms with Crippen LogP contribution in [0.25, 0.3) is 5.82 Å². The Hall–Kier alpha value is -2.99. The number of aromatic nitrogens is 3. The summed E-state index contributed by atoms with van der Waals surface area (Å²) < 4.78 is 1.95. The minimum Gasteiger partial charge on any atom is -0.394 e. The second-order valence-corrected chi connectivity index (χ2v) is 6.22. The Bertz CT molecular complexity index is 876. The van der Waals surface area contributed by atoms with Gasteiger partial charge in [0.05, 0.1) is 18.2 Å². The van der Waals surface area contributed by atoms with E-state index in [4.69, 9.17) is 0 Å². The third-order valence-corrected chi connectivity index (χ3v) is 4.34. The van der Waals surface area contributed by atoms with Crippen molar-refractivity contribution in [2.45, 2.75) is 26.3 Å². The van der Waals surface area contributed by atoms with E-state index in [2.05, 4.69) is 15.3 Å². The SMILES string of the molecule is Cc1cc(C(=O)N[C@@H](CO)Cc2ccncc2)c(C)n1-c1ccccn1. The Morgan fingerprint density at radius 1 is 1.19 bits per heavy atom. The molecule has 0 radical (unpaired) electrons. The maximum absolute atomic E-state index is 12.8. The molecule has 26 heavy (non-hydrogen) atoms. The van der Waals surface area contributed by atoms with Gasteiger partial charge in [0.1, 0.15) is 5.82 Å². The fourth-order valence-corrected chi connectivity index (χ4v) is 3.06. The van der Waals surface area contributed by atoms with Crippen molar-refractivity contribution in [2.75, 3.05) is 6.61 Å². The highest BCUT2D eigenvalue weighted by molar-refractivity contribution is 5.96. The molecule has 0 aromatic carbocycles. The van der Waals surface area contributed by atoms with E-state index in [9.17, 15) is 9.90 Å². The first-order chi connectivity index (χ1) is 12.6. The summed E-state index contributed by atoms with van der Waals surface area (Å²) in [5.41, 5.74) is 3.35. The number of hydrogen-bond donors (Lipinski definition) is 2. The maximum Gasteiger partial charge on any atom is 0.253 e. The van der Waals surface area contributed by atoms with E-state index in [0.29, 0.717) is 12.0 Å². The van der Waals surface area contributed by atoms with Crippen LogP contribution in [0.5, 0.6) is 0 Å². The van der Waals surface area contributed by atoms with Gasteiger partial charge in [-0.3, -0.25) is 9.78 Å². The fraction of sp³-hybridized carbons (Fsp3) is 0.250. The molecule has 0 aliphatic rings. The second kappa shape index (κ2) is 7.93. The smallest absolute Gasteiger partial charge is 0.253 e. The molecule has 0 fully saturated rings. The van der Waals surface area contributed by atoms with Crippen LogP contribution in [-0.4, -0.2) is 38.2 Å². The van der Waals surface area contributed by atoms with Crippen molar-refractivity contribution >= 4 is 5.91 Å². The van der Waals surface area contributed by atoms with Crippen molar-refractivity contribution < 1.29 is 9.90 Å². The number of rotatable bonds is 6. The first-order valence-corrected chi connectivity index (χ1v) is 8.51. The molecule has 6 heteroatoms. The van der Waals surface area contributed by atoms with Crippen LogP contribution in [0.1, 0.15) is 27.3 Å². The molecule has 0 aliphatic heterocycles. The zero-order valence-electron chi connectivity index (χ0n) is 14.9. The van der Waals surface area contributed by atoms with E-state index in [1.807, 2.05) is 54.8 Å². The van der Waals surface area contributed by atoms with Gasteiger partial charge in [-0.15, -0.1) is 0 Å². The van der Waals surface area contributed by atoms with Gasteiger partial charge in [0, 0.05) is 30.0 Å². The highest BCUT2D eigenvalue weighted by atomic mass is 16.3. The molecule has 0 aliphatic carbocycles. The van der Waals surface area contributed by atoms with Crippen LogP contribution in [0.15, 0.2) is 55.0 Å². The summed E-state index contributed by atoms with van der Waals surface area (Å²) in [6, 6.07) is 10.9. The van der Waals surface area contributed by atoms with Gasteiger partial charge in [0.2, 0.25) is 0 Å². The molecule has 0 bridgehead atoms. The highest BCUT2D eigenvalue weighted by Gasteiger charge is 2.20. The van der Waals surface area contributed by atoms with Crippen molar-refractivity contribution in [3.05, 3.63) is 77.5 Å². The Labute approximate surface area is 152 Å². The third kappa shape index (κ3) is 3.81. The number of aryl methyl sites for hydroxylation is 1. The molecule has 1 amide bonds. The molecule has 1 atom stereocenters. The minimum absolute atomic E-state index is 0.132. The number of nitrogens with one attached hydrogen (secondary N) is 1. The zero-order valence-corrected chi connectivity index (χ0v) is 14.9. The predicted octanol–water partition coefficient (Wildman–Crippen LogP) is 2.22. The van der Waals surface area contributed by atoms with E-state index in [1.54, 1.807) is 18.6 Å². The summed E-state index contributed by atoms with van der Waals surface area (Å²) in [5.74, 6) is 0.574. The summed E-state index contributed by atoms with van der Waals surface area (Å²) >= 11 is 0. The lowest BCUT2D eigenvalue weighted by Gasteiger charge is -2.16. The van der Waals surface area contributed by atoms with E-state index < -0.39 is 0 Å². The number of aliphatic hydroxyl groups excluding tert-OH is 1. The molecule has 0 spiro atoms. The molecule has 3 heterocycles.